The molecule has 0 atom stereocenters. The summed E-state index contributed by atoms with van der Waals surface area (Å²) in [5.74, 6) is -0.192. The molecule has 0 saturated heterocycles. The Hall–Kier alpha value is -1.45. The van der Waals surface area contributed by atoms with Crippen LogP contribution in [0.4, 0.5) is 0 Å². The predicted octanol–water partition coefficient (Wildman–Crippen LogP) is -0.164. The molecule has 0 aliphatic heterocycles. The molecule has 1 amide bonds. The largest absolute Gasteiger partial charge is 0.354 e. The molecule has 1 heterocycles. The highest BCUT2D eigenvalue weighted by atomic mass is 16.1. The summed E-state index contributed by atoms with van der Waals surface area (Å²) in [4.78, 5) is 18.2. The topological polar surface area (TPSA) is 54.9 Å². The first-order valence-corrected chi connectivity index (χ1v) is 2.82. The maximum absolute atomic E-state index is 10.8. The molecule has 4 heteroatoms. The average Bonchev–Trinajstić information content (AvgIpc) is 2.05. The normalized spacial score (nSPS) is 8.90. The highest BCUT2D eigenvalue weighted by molar-refractivity contribution is 5.91. The van der Waals surface area contributed by atoms with E-state index in [0.29, 0.717) is 5.69 Å². The minimum Gasteiger partial charge on any atom is -0.354 e. The second-order valence-corrected chi connectivity index (χ2v) is 1.67. The second kappa shape index (κ2) is 2.91. The Labute approximate surface area is 58.3 Å². The zero-order valence-corrected chi connectivity index (χ0v) is 5.53. The van der Waals surface area contributed by atoms with E-state index in [0.717, 1.165) is 0 Å². The molecule has 1 rings (SSSR count). The zero-order chi connectivity index (χ0) is 7.40. The summed E-state index contributed by atoms with van der Waals surface area (Å²) in [5, 5.41) is 2.45. The minimum absolute atomic E-state index is 0.192. The Morgan fingerprint density at radius 3 is 3.00 bits per heavy atom. The quantitative estimate of drug-likeness (QED) is 0.585. The first kappa shape index (κ1) is 6.67. The van der Waals surface area contributed by atoms with Crippen molar-refractivity contribution in [1.29, 1.82) is 0 Å². The van der Waals surface area contributed by atoms with Gasteiger partial charge in [0.2, 0.25) is 0 Å². The fourth-order valence-electron chi connectivity index (χ4n) is 0.553. The van der Waals surface area contributed by atoms with Crippen molar-refractivity contribution in [3.63, 3.8) is 0 Å². The van der Waals surface area contributed by atoms with E-state index in [1.54, 1.807) is 13.1 Å². The smallest absolute Gasteiger partial charge is 0.269 e. The number of rotatable bonds is 1. The summed E-state index contributed by atoms with van der Waals surface area (Å²) in [5.41, 5.74) is 0.387. The van der Waals surface area contributed by atoms with Gasteiger partial charge in [0.15, 0.2) is 0 Å². The van der Waals surface area contributed by atoms with E-state index in [-0.39, 0.29) is 5.91 Å². The molecule has 1 aromatic heterocycles. The van der Waals surface area contributed by atoms with E-state index in [9.17, 15) is 4.79 Å². The van der Waals surface area contributed by atoms with E-state index in [1.165, 1.54) is 12.5 Å². The van der Waals surface area contributed by atoms with E-state index < -0.39 is 0 Å². The van der Waals surface area contributed by atoms with E-state index in [2.05, 4.69) is 15.3 Å². The molecular weight excluding hydrogens is 130 g/mol. The molecule has 0 bridgehead atoms. The van der Waals surface area contributed by atoms with Crippen LogP contribution in [0.2, 0.25) is 0 Å². The Balaban J connectivity index is 2.85. The Morgan fingerprint density at radius 2 is 2.50 bits per heavy atom. The predicted molar refractivity (Wildman–Crippen MR) is 35.4 cm³/mol. The summed E-state index contributed by atoms with van der Waals surface area (Å²) in [6.07, 6.45) is 2.86. The number of aromatic nitrogens is 2. The van der Waals surface area contributed by atoms with E-state index >= 15 is 0 Å². The van der Waals surface area contributed by atoms with Gasteiger partial charge in [0.05, 0.1) is 0 Å². The molecule has 0 radical (unpaired) electrons. The lowest BCUT2D eigenvalue weighted by Crippen LogP contribution is -2.18. The molecule has 1 N–H and O–H groups in total. The summed E-state index contributed by atoms with van der Waals surface area (Å²) < 4.78 is 0. The summed E-state index contributed by atoms with van der Waals surface area (Å²) in [6, 6.07) is 1.55. The van der Waals surface area contributed by atoms with Crippen LogP contribution in [0.1, 0.15) is 10.5 Å². The molecule has 1 aromatic rings. The van der Waals surface area contributed by atoms with Gasteiger partial charge in [-0.1, -0.05) is 0 Å². The fourth-order valence-corrected chi connectivity index (χ4v) is 0.553. The lowest BCUT2D eigenvalue weighted by molar-refractivity contribution is 0.0958. The van der Waals surface area contributed by atoms with Crippen molar-refractivity contribution in [3.05, 3.63) is 24.3 Å². The molecule has 0 saturated carbocycles. The molecule has 4 nitrogen and oxygen atoms in total. The van der Waals surface area contributed by atoms with Gasteiger partial charge in [-0.3, -0.25) is 4.79 Å². The number of carbonyl (C=O) groups is 1. The zero-order valence-electron chi connectivity index (χ0n) is 5.53. The minimum atomic E-state index is -0.192. The third-order valence-corrected chi connectivity index (χ3v) is 1.04. The standard InChI is InChI=1S/C6H7N3O/c1-7-6(10)5-2-3-8-4-9-5/h2-4H,1H3,(H,7,10). The summed E-state index contributed by atoms with van der Waals surface area (Å²) >= 11 is 0. The van der Waals surface area contributed by atoms with Gasteiger partial charge in [0.25, 0.3) is 5.91 Å². The number of nitrogens with one attached hydrogen (secondary N) is 1. The van der Waals surface area contributed by atoms with Crippen molar-refractivity contribution in [2.75, 3.05) is 7.05 Å². The van der Waals surface area contributed by atoms with Gasteiger partial charge in [0, 0.05) is 13.2 Å². The highest BCUT2D eigenvalue weighted by Gasteiger charge is 2.00. The third kappa shape index (κ3) is 1.28. The Bertz CT molecular complexity index is 222. The SMILES string of the molecule is CNC(=O)c1ccncn1. The lowest BCUT2D eigenvalue weighted by atomic mass is 10.4. The first-order chi connectivity index (χ1) is 4.84. The molecule has 52 valence electrons. The maximum atomic E-state index is 10.8. The highest BCUT2D eigenvalue weighted by Crippen LogP contribution is 1.88. The molecule has 0 aromatic carbocycles. The van der Waals surface area contributed by atoms with Crippen molar-refractivity contribution in [2.24, 2.45) is 0 Å². The molecule has 0 fully saturated rings. The van der Waals surface area contributed by atoms with E-state index in [1.807, 2.05) is 0 Å². The van der Waals surface area contributed by atoms with Gasteiger partial charge in [-0.2, -0.15) is 0 Å². The molecule has 0 spiro atoms. The average molecular weight is 137 g/mol. The molecule has 10 heavy (non-hydrogen) atoms. The molecule has 0 aliphatic rings. The van der Waals surface area contributed by atoms with Crippen LogP contribution in [0.3, 0.4) is 0 Å². The Kier molecular flexibility index (Phi) is 1.94. The van der Waals surface area contributed by atoms with Crippen LogP contribution in [-0.2, 0) is 0 Å². The van der Waals surface area contributed by atoms with Gasteiger partial charge < -0.3 is 5.32 Å². The molecule has 0 aliphatic carbocycles. The van der Waals surface area contributed by atoms with Gasteiger partial charge >= 0.3 is 0 Å². The number of hydrogen-bond donors (Lipinski definition) is 1. The van der Waals surface area contributed by atoms with Crippen LogP contribution in [0.15, 0.2) is 18.6 Å². The summed E-state index contributed by atoms with van der Waals surface area (Å²) in [7, 11) is 1.56. The fraction of sp³-hybridized carbons (Fsp3) is 0.167. The van der Waals surface area contributed by atoms with Crippen molar-refractivity contribution >= 4 is 5.91 Å². The molecule has 0 unspecified atom stereocenters. The molecular formula is C6H7N3O. The van der Waals surface area contributed by atoms with E-state index in [4.69, 9.17) is 0 Å². The van der Waals surface area contributed by atoms with Crippen molar-refractivity contribution in [3.8, 4) is 0 Å². The maximum Gasteiger partial charge on any atom is 0.269 e. The van der Waals surface area contributed by atoms with Gasteiger partial charge in [-0.15, -0.1) is 0 Å². The third-order valence-electron chi connectivity index (χ3n) is 1.04. The first-order valence-electron chi connectivity index (χ1n) is 2.82. The van der Waals surface area contributed by atoms with Crippen molar-refractivity contribution in [1.82, 2.24) is 15.3 Å². The van der Waals surface area contributed by atoms with Gasteiger partial charge in [0.1, 0.15) is 12.0 Å². The Morgan fingerprint density at radius 1 is 1.70 bits per heavy atom. The van der Waals surface area contributed by atoms with Crippen molar-refractivity contribution < 1.29 is 4.79 Å². The lowest BCUT2D eigenvalue weighted by Gasteiger charge is -1.94. The van der Waals surface area contributed by atoms with Crippen LogP contribution in [0, 0.1) is 0 Å². The number of hydrogen-bond acceptors (Lipinski definition) is 3. The van der Waals surface area contributed by atoms with Gasteiger partial charge in [-0.05, 0) is 6.07 Å². The number of amides is 1. The number of carbonyl (C=O) groups excluding carboxylic acids is 1. The monoisotopic (exact) mass is 137 g/mol. The van der Waals surface area contributed by atoms with Crippen LogP contribution in [0.5, 0.6) is 0 Å². The number of nitrogens with zero attached hydrogens (tertiary/aromatic N) is 2. The van der Waals surface area contributed by atoms with Crippen LogP contribution in [-0.4, -0.2) is 22.9 Å². The summed E-state index contributed by atoms with van der Waals surface area (Å²) in [6.45, 7) is 0. The van der Waals surface area contributed by atoms with Crippen LogP contribution < -0.4 is 5.32 Å². The van der Waals surface area contributed by atoms with Crippen molar-refractivity contribution in [2.45, 2.75) is 0 Å². The second-order valence-electron chi connectivity index (χ2n) is 1.67. The van der Waals surface area contributed by atoms with Gasteiger partial charge in [-0.25, -0.2) is 9.97 Å². The van der Waals surface area contributed by atoms with Crippen LogP contribution in [0.25, 0.3) is 0 Å². The van der Waals surface area contributed by atoms with Crippen LogP contribution >= 0.6 is 0 Å².